The summed E-state index contributed by atoms with van der Waals surface area (Å²) in [6.45, 7) is 3.55. The number of thiocarbonyl (C=S) groups is 1. The van der Waals surface area contributed by atoms with E-state index in [2.05, 4.69) is 4.72 Å². The van der Waals surface area contributed by atoms with E-state index in [0.29, 0.717) is 17.1 Å². The van der Waals surface area contributed by atoms with Crippen molar-refractivity contribution in [3.8, 4) is 0 Å². The molecule has 0 heterocycles. The third-order valence-corrected chi connectivity index (χ3v) is 5.19. The van der Waals surface area contributed by atoms with E-state index >= 15 is 0 Å². The Labute approximate surface area is 118 Å². The van der Waals surface area contributed by atoms with Crippen LogP contribution in [0.15, 0.2) is 18.2 Å². The Bertz CT molecular complexity index is 558. The highest BCUT2D eigenvalue weighted by Gasteiger charge is 2.26. The maximum atomic E-state index is 12.0. The molecule has 0 amide bonds. The lowest BCUT2D eigenvalue weighted by Gasteiger charge is -2.16. The molecule has 7 heteroatoms. The summed E-state index contributed by atoms with van der Waals surface area (Å²) in [5.41, 5.74) is 6.71. The number of hydrogen-bond donors (Lipinski definition) is 2. The Kier molecular flexibility index (Phi) is 4.95. The Balaban J connectivity index is 3.01. The van der Waals surface area contributed by atoms with Crippen LogP contribution in [0.3, 0.4) is 0 Å². The molecule has 0 aromatic heterocycles. The Hall–Kier alpha value is -0.850. The summed E-state index contributed by atoms with van der Waals surface area (Å²) in [7, 11) is -3.63. The lowest BCUT2D eigenvalue weighted by Crippen LogP contribution is -2.37. The topological polar surface area (TPSA) is 72.2 Å². The smallest absolute Gasteiger partial charge is 0.242 e. The summed E-state index contributed by atoms with van der Waals surface area (Å²) >= 11 is 10.7. The van der Waals surface area contributed by atoms with E-state index in [0.717, 1.165) is 5.56 Å². The van der Waals surface area contributed by atoms with E-state index in [-0.39, 0.29) is 4.99 Å². The number of aryl methyl sites for hydroxylation is 1. The maximum absolute atomic E-state index is 12.0. The molecule has 0 saturated carbocycles. The molecule has 1 unspecified atom stereocenters. The van der Waals surface area contributed by atoms with E-state index < -0.39 is 15.3 Å². The van der Waals surface area contributed by atoms with Crippen molar-refractivity contribution in [3.63, 3.8) is 0 Å². The van der Waals surface area contributed by atoms with Crippen molar-refractivity contribution in [2.24, 2.45) is 5.73 Å². The van der Waals surface area contributed by atoms with Crippen LogP contribution in [-0.2, 0) is 10.0 Å². The zero-order valence-electron chi connectivity index (χ0n) is 10.1. The molecule has 0 radical (unpaired) electrons. The van der Waals surface area contributed by atoms with Crippen LogP contribution in [0.5, 0.6) is 0 Å². The Morgan fingerprint density at radius 3 is 2.61 bits per heavy atom. The number of anilines is 1. The molecule has 1 atom stereocenters. The van der Waals surface area contributed by atoms with Crippen LogP contribution < -0.4 is 10.5 Å². The second-order valence-electron chi connectivity index (χ2n) is 3.91. The van der Waals surface area contributed by atoms with E-state index in [1.807, 2.05) is 6.92 Å². The maximum Gasteiger partial charge on any atom is 0.242 e. The second kappa shape index (κ2) is 5.86. The molecular weight excluding hydrogens is 292 g/mol. The first-order valence-corrected chi connectivity index (χ1v) is 7.68. The monoisotopic (exact) mass is 306 g/mol. The summed E-state index contributed by atoms with van der Waals surface area (Å²) in [5.74, 6) is 0. The van der Waals surface area contributed by atoms with Gasteiger partial charge in [0.05, 0.1) is 4.99 Å². The predicted octanol–water partition coefficient (Wildman–Crippen LogP) is 2.45. The van der Waals surface area contributed by atoms with Crippen LogP contribution in [0.2, 0.25) is 5.02 Å². The molecule has 1 aromatic rings. The van der Waals surface area contributed by atoms with Gasteiger partial charge in [-0.3, -0.25) is 4.72 Å². The lowest BCUT2D eigenvalue weighted by molar-refractivity contribution is 0.594. The van der Waals surface area contributed by atoms with Gasteiger partial charge in [-0.2, -0.15) is 0 Å². The quantitative estimate of drug-likeness (QED) is 0.820. The minimum absolute atomic E-state index is 0.0387. The van der Waals surface area contributed by atoms with Gasteiger partial charge < -0.3 is 5.73 Å². The predicted molar refractivity (Wildman–Crippen MR) is 79.6 cm³/mol. The molecule has 1 aromatic carbocycles. The fourth-order valence-corrected chi connectivity index (χ4v) is 3.53. The van der Waals surface area contributed by atoms with Crippen LogP contribution in [0.4, 0.5) is 5.69 Å². The highest BCUT2D eigenvalue weighted by molar-refractivity contribution is 7.95. The zero-order chi connectivity index (χ0) is 13.9. The first kappa shape index (κ1) is 15.2. The van der Waals surface area contributed by atoms with Crippen molar-refractivity contribution in [3.05, 3.63) is 28.8 Å². The van der Waals surface area contributed by atoms with Gasteiger partial charge in [0, 0.05) is 10.7 Å². The van der Waals surface area contributed by atoms with E-state index in [1.54, 1.807) is 25.1 Å². The van der Waals surface area contributed by atoms with Crippen molar-refractivity contribution in [2.45, 2.75) is 25.5 Å². The van der Waals surface area contributed by atoms with Crippen molar-refractivity contribution >= 4 is 44.5 Å². The molecule has 0 bridgehead atoms. The average molecular weight is 307 g/mol. The van der Waals surface area contributed by atoms with Crippen LogP contribution >= 0.6 is 23.8 Å². The summed E-state index contributed by atoms with van der Waals surface area (Å²) in [4.78, 5) is -0.0387. The van der Waals surface area contributed by atoms with Gasteiger partial charge in [0.2, 0.25) is 10.0 Å². The summed E-state index contributed by atoms with van der Waals surface area (Å²) < 4.78 is 26.5. The van der Waals surface area contributed by atoms with E-state index in [1.165, 1.54) is 0 Å². The third-order valence-electron chi connectivity index (χ3n) is 2.49. The molecule has 100 valence electrons. The Morgan fingerprint density at radius 2 is 2.17 bits per heavy atom. The summed E-state index contributed by atoms with van der Waals surface area (Å²) in [6.07, 6.45) is 0.324. The standard InChI is InChI=1S/C11H15ClN2O2S2/c1-3-10(11(13)17)18(15,16)14-8-5-4-7(2)9(12)6-8/h4-6,10,14H,3H2,1-2H3,(H2,13,17). The molecular formula is C11H15ClN2O2S2. The van der Waals surface area contributed by atoms with E-state index in [9.17, 15) is 8.42 Å². The van der Waals surface area contributed by atoms with Gasteiger partial charge in [0.15, 0.2) is 0 Å². The molecule has 0 aliphatic carbocycles. The average Bonchev–Trinajstić information content (AvgIpc) is 2.22. The van der Waals surface area contributed by atoms with Gasteiger partial charge in [-0.1, -0.05) is 36.8 Å². The zero-order valence-corrected chi connectivity index (χ0v) is 12.5. The van der Waals surface area contributed by atoms with Crippen molar-refractivity contribution in [2.75, 3.05) is 4.72 Å². The molecule has 0 aliphatic heterocycles. The molecule has 1 rings (SSSR count). The molecule has 4 nitrogen and oxygen atoms in total. The fraction of sp³-hybridized carbons (Fsp3) is 0.364. The van der Waals surface area contributed by atoms with Gasteiger partial charge in [0.25, 0.3) is 0 Å². The Morgan fingerprint density at radius 1 is 1.56 bits per heavy atom. The molecule has 0 fully saturated rings. The largest absolute Gasteiger partial charge is 0.392 e. The highest BCUT2D eigenvalue weighted by Crippen LogP contribution is 2.22. The highest BCUT2D eigenvalue weighted by atomic mass is 35.5. The van der Waals surface area contributed by atoms with Crippen LogP contribution in [0.25, 0.3) is 0 Å². The van der Waals surface area contributed by atoms with Gasteiger partial charge in [-0.05, 0) is 31.0 Å². The van der Waals surface area contributed by atoms with Gasteiger partial charge in [-0.25, -0.2) is 8.42 Å². The molecule has 18 heavy (non-hydrogen) atoms. The van der Waals surface area contributed by atoms with Crippen molar-refractivity contribution in [1.29, 1.82) is 0 Å². The normalized spacial score (nSPS) is 13.1. The first-order valence-electron chi connectivity index (χ1n) is 5.35. The molecule has 0 spiro atoms. The summed E-state index contributed by atoms with van der Waals surface area (Å²) in [6, 6.07) is 4.94. The minimum Gasteiger partial charge on any atom is -0.392 e. The SMILES string of the molecule is CCC(C(N)=S)S(=O)(=O)Nc1ccc(C)c(Cl)c1. The number of sulfonamides is 1. The van der Waals surface area contributed by atoms with Crippen LogP contribution in [0.1, 0.15) is 18.9 Å². The van der Waals surface area contributed by atoms with E-state index in [4.69, 9.17) is 29.6 Å². The van der Waals surface area contributed by atoms with Gasteiger partial charge in [-0.15, -0.1) is 0 Å². The van der Waals surface area contributed by atoms with Crippen LogP contribution in [-0.4, -0.2) is 18.7 Å². The second-order valence-corrected chi connectivity index (χ2v) is 6.65. The van der Waals surface area contributed by atoms with Crippen LogP contribution in [0, 0.1) is 6.92 Å². The number of hydrogen-bond acceptors (Lipinski definition) is 3. The van der Waals surface area contributed by atoms with Crippen molar-refractivity contribution < 1.29 is 8.42 Å². The molecule has 0 saturated heterocycles. The number of nitrogens with two attached hydrogens (primary N) is 1. The molecule has 0 aliphatic rings. The minimum atomic E-state index is -3.63. The number of benzene rings is 1. The number of halogens is 1. The summed E-state index contributed by atoms with van der Waals surface area (Å²) in [5, 5.41) is -0.383. The number of rotatable bonds is 5. The lowest BCUT2D eigenvalue weighted by atomic mass is 10.2. The fourth-order valence-electron chi connectivity index (χ4n) is 1.47. The number of nitrogens with one attached hydrogen (secondary N) is 1. The molecule has 3 N–H and O–H groups in total. The third kappa shape index (κ3) is 3.57. The van der Waals surface area contributed by atoms with Gasteiger partial charge >= 0.3 is 0 Å². The van der Waals surface area contributed by atoms with Gasteiger partial charge in [0.1, 0.15) is 5.25 Å². The first-order chi connectivity index (χ1) is 8.27. The van der Waals surface area contributed by atoms with Crippen molar-refractivity contribution in [1.82, 2.24) is 0 Å².